The van der Waals surface area contributed by atoms with E-state index in [9.17, 15) is 4.79 Å². The van der Waals surface area contributed by atoms with E-state index >= 15 is 0 Å². The molecule has 0 atom stereocenters. The van der Waals surface area contributed by atoms with Gasteiger partial charge in [0.1, 0.15) is 0 Å². The molecule has 0 aromatic rings. The minimum Gasteiger partial charge on any atom is -0.468 e. The Labute approximate surface area is 75.3 Å². The molecule has 0 saturated carbocycles. The summed E-state index contributed by atoms with van der Waals surface area (Å²) >= 11 is 0. The topological polar surface area (TPSA) is 26.3 Å². The summed E-state index contributed by atoms with van der Waals surface area (Å²) in [5.74, 6) is 0. The van der Waals surface area contributed by atoms with Crippen LogP contribution in [-0.2, 0) is 9.53 Å². The number of carbonyl (C=O) groups is 1. The van der Waals surface area contributed by atoms with Gasteiger partial charge in [0.2, 0.25) is 0 Å². The van der Waals surface area contributed by atoms with Gasteiger partial charge in [0, 0.05) is 0 Å². The van der Waals surface area contributed by atoms with Crippen LogP contribution in [0.3, 0.4) is 0 Å². The molecule has 2 nitrogen and oxygen atoms in total. The third-order valence-electron chi connectivity index (χ3n) is 2.82. The second-order valence-corrected chi connectivity index (χ2v) is 3.59. The summed E-state index contributed by atoms with van der Waals surface area (Å²) in [6, 6.07) is 0. The fourth-order valence-electron chi connectivity index (χ4n) is 1.23. The molecule has 0 bridgehead atoms. The van der Waals surface area contributed by atoms with E-state index in [-0.39, 0.29) is 0 Å². The van der Waals surface area contributed by atoms with Crippen LogP contribution in [0.4, 0.5) is 0 Å². The van der Waals surface area contributed by atoms with Crippen molar-refractivity contribution in [2.75, 3.05) is 6.61 Å². The molecular formula is C10H20O2. The fraction of sp³-hybridized carbons (Fsp3) is 0.900. The normalized spacial score (nSPS) is 11.2. The van der Waals surface area contributed by atoms with Crippen LogP contribution in [0.5, 0.6) is 0 Å². The minimum atomic E-state index is 0.437. The van der Waals surface area contributed by atoms with Gasteiger partial charge in [0.05, 0.1) is 6.61 Å². The summed E-state index contributed by atoms with van der Waals surface area (Å²) in [7, 11) is 0. The SMILES string of the molecule is CCC(C)(CC)CCCOC=O. The molecule has 0 radical (unpaired) electrons. The van der Waals surface area contributed by atoms with Crippen molar-refractivity contribution in [3.05, 3.63) is 0 Å². The van der Waals surface area contributed by atoms with Crippen LogP contribution in [0, 0.1) is 5.41 Å². The molecule has 0 aliphatic heterocycles. The number of ether oxygens (including phenoxy) is 1. The molecule has 0 aliphatic rings. The first kappa shape index (κ1) is 11.5. The Morgan fingerprint density at radius 3 is 2.33 bits per heavy atom. The van der Waals surface area contributed by atoms with Crippen molar-refractivity contribution >= 4 is 6.47 Å². The van der Waals surface area contributed by atoms with Crippen molar-refractivity contribution < 1.29 is 9.53 Å². The van der Waals surface area contributed by atoms with E-state index in [1.165, 1.54) is 12.8 Å². The van der Waals surface area contributed by atoms with Crippen molar-refractivity contribution in [2.24, 2.45) is 5.41 Å². The van der Waals surface area contributed by atoms with Gasteiger partial charge in [0.15, 0.2) is 0 Å². The highest BCUT2D eigenvalue weighted by Gasteiger charge is 2.18. The third-order valence-corrected chi connectivity index (χ3v) is 2.82. The molecule has 0 rings (SSSR count). The number of rotatable bonds is 7. The highest BCUT2D eigenvalue weighted by atomic mass is 16.5. The van der Waals surface area contributed by atoms with Crippen LogP contribution in [0.2, 0.25) is 0 Å². The zero-order chi connectivity index (χ0) is 9.45. The summed E-state index contributed by atoms with van der Waals surface area (Å²) in [5.41, 5.74) is 0.437. The number of hydrogen-bond acceptors (Lipinski definition) is 2. The molecule has 0 aromatic heterocycles. The Kier molecular flexibility index (Phi) is 5.77. The zero-order valence-corrected chi connectivity index (χ0v) is 8.43. The highest BCUT2D eigenvalue weighted by molar-refractivity contribution is 5.36. The van der Waals surface area contributed by atoms with Crippen molar-refractivity contribution in [2.45, 2.75) is 46.5 Å². The van der Waals surface area contributed by atoms with E-state index in [4.69, 9.17) is 0 Å². The van der Waals surface area contributed by atoms with E-state index in [2.05, 4.69) is 25.5 Å². The van der Waals surface area contributed by atoms with Crippen LogP contribution >= 0.6 is 0 Å². The maximum absolute atomic E-state index is 9.85. The molecular weight excluding hydrogens is 152 g/mol. The fourth-order valence-corrected chi connectivity index (χ4v) is 1.23. The van der Waals surface area contributed by atoms with Crippen molar-refractivity contribution in [3.8, 4) is 0 Å². The van der Waals surface area contributed by atoms with Gasteiger partial charge in [-0.05, 0) is 18.3 Å². The van der Waals surface area contributed by atoms with Gasteiger partial charge < -0.3 is 4.74 Å². The molecule has 0 saturated heterocycles. The maximum atomic E-state index is 9.85. The van der Waals surface area contributed by atoms with Crippen LogP contribution in [0.15, 0.2) is 0 Å². The van der Waals surface area contributed by atoms with Gasteiger partial charge >= 0.3 is 0 Å². The summed E-state index contributed by atoms with van der Waals surface area (Å²) in [4.78, 5) is 9.85. The van der Waals surface area contributed by atoms with E-state index in [1.807, 2.05) is 0 Å². The van der Waals surface area contributed by atoms with E-state index in [0.29, 0.717) is 18.5 Å². The molecule has 0 fully saturated rings. The van der Waals surface area contributed by atoms with Crippen LogP contribution in [-0.4, -0.2) is 13.1 Å². The van der Waals surface area contributed by atoms with Gasteiger partial charge in [-0.15, -0.1) is 0 Å². The first-order valence-electron chi connectivity index (χ1n) is 4.73. The van der Waals surface area contributed by atoms with Gasteiger partial charge in [-0.1, -0.05) is 33.6 Å². The highest BCUT2D eigenvalue weighted by Crippen LogP contribution is 2.30. The second-order valence-electron chi connectivity index (χ2n) is 3.59. The molecule has 0 spiro atoms. The zero-order valence-electron chi connectivity index (χ0n) is 8.43. The summed E-state index contributed by atoms with van der Waals surface area (Å²) in [5, 5.41) is 0. The third kappa shape index (κ3) is 4.37. The average Bonchev–Trinajstić information content (AvgIpc) is 2.12. The van der Waals surface area contributed by atoms with E-state index in [0.717, 1.165) is 12.8 Å². The number of carbonyl (C=O) groups excluding carboxylic acids is 1. The Bertz CT molecular complexity index is 117. The van der Waals surface area contributed by atoms with Gasteiger partial charge in [0.25, 0.3) is 6.47 Å². The largest absolute Gasteiger partial charge is 0.468 e. The molecule has 12 heavy (non-hydrogen) atoms. The lowest BCUT2D eigenvalue weighted by molar-refractivity contribution is -0.128. The summed E-state index contributed by atoms with van der Waals surface area (Å²) in [6.07, 6.45) is 4.53. The predicted octanol–water partition coefficient (Wildman–Crippen LogP) is 2.77. The summed E-state index contributed by atoms with van der Waals surface area (Å²) < 4.78 is 4.64. The van der Waals surface area contributed by atoms with E-state index in [1.54, 1.807) is 0 Å². The van der Waals surface area contributed by atoms with Crippen molar-refractivity contribution in [1.82, 2.24) is 0 Å². The van der Waals surface area contributed by atoms with Crippen molar-refractivity contribution in [3.63, 3.8) is 0 Å². The van der Waals surface area contributed by atoms with Crippen LogP contribution in [0.25, 0.3) is 0 Å². The first-order valence-corrected chi connectivity index (χ1v) is 4.73. The first-order chi connectivity index (χ1) is 5.68. The molecule has 0 unspecified atom stereocenters. The van der Waals surface area contributed by atoms with E-state index < -0.39 is 0 Å². The lowest BCUT2D eigenvalue weighted by Gasteiger charge is -2.26. The minimum absolute atomic E-state index is 0.437. The Balaban J connectivity index is 3.51. The van der Waals surface area contributed by atoms with Gasteiger partial charge in [-0.25, -0.2) is 0 Å². The molecule has 2 heteroatoms. The summed E-state index contributed by atoms with van der Waals surface area (Å²) in [6.45, 7) is 7.80. The second kappa shape index (κ2) is 6.04. The lowest BCUT2D eigenvalue weighted by Crippen LogP contribution is -2.14. The monoisotopic (exact) mass is 172 g/mol. The van der Waals surface area contributed by atoms with Crippen LogP contribution < -0.4 is 0 Å². The Morgan fingerprint density at radius 2 is 1.92 bits per heavy atom. The molecule has 0 heterocycles. The lowest BCUT2D eigenvalue weighted by atomic mass is 9.80. The molecule has 0 aromatic carbocycles. The average molecular weight is 172 g/mol. The smallest absolute Gasteiger partial charge is 0.293 e. The van der Waals surface area contributed by atoms with Gasteiger partial charge in [-0.2, -0.15) is 0 Å². The molecule has 0 aliphatic carbocycles. The standard InChI is InChI=1S/C10H20O2/c1-4-10(3,5-2)7-6-8-12-9-11/h9H,4-8H2,1-3H3. The molecule has 72 valence electrons. The Morgan fingerprint density at radius 1 is 1.33 bits per heavy atom. The van der Waals surface area contributed by atoms with Crippen molar-refractivity contribution in [1.29, 1.82) is 0 Å². The van der Waals surface area contributed by atoms with Gasteiger partial charge in [-0.3, -0.25) is 4.79 Å². The maximum Gasteiger partial charge on any atom is 0.293 e. The number of hydrogen-bond donors (Lipinski definition) is 0. The molecule has 0 N–H and O–H groups in total. The molecule has 0 amide bonds. The predicted molar refractivity (Wildman–Crippen MR) is 49.9 cm³/mol. The quantitative estimate of drug-likeness (QED) is 0.436. The Hall–Kier alpha value is -0.530. The van der Waals surface area contributed by atoms with Crippen LogP contribution in [0.1, 0.15) is 46.5 Å².